The van der Waals surface area contributed by atoms with Gasteiger partial charge in [0.05, 0.1) is 13.2 Å². The van der Waals surface area contributed by atoms with Crippen molar-refractivity contribution in [2.75, 3.05) is 32.8 Å². The van der Waals surface area contributed by atoms with Gasteiger partial charge in [-0.15, -0.1) is 0 Å². The highest BCUT2D eigenvalue weighted by Crippen LogP contribution is 2.22. The van der Waals surface area contributed by atoms with E-state index >= 15 is 0 Å². The number of carbonyl (C=O) groups is 3. The van der Waals surface area contributed by atoms with Crippen LogP contribution in [0.1, 0.15) is 181 Å². The largest absolute Gasteiger partial charge is 0.466 e. The van der Waals surface area contributed by atoms with Crippen molar-refractivity contribution in [3.8, 4) is 0 Å². The first-order chi connectivity index (χ1) is 21.5. The summed E-state index contributed by atoms with van der Waals surface area (Å²) in [6.07, 6.45) is 26.1. The number of hydrogen-bond acceptors (Lipinski definition) is 6. The van der Waals surface area contributed by atoms with E-state index in [2.05, 4.69) is 25.7 Å². The molecule has 0 aromatic carbocycles. The zero-order valence-corrected chi connectivity index (χ0v) is 29.2. The molecule has 0 bridgehead atoms. The van der Waals surface area contributed by atoms with E-state index in [1.54, 1.807) is 0 Å². The van der Waals surface area contributed by atoms with E-state index in [0.717, 1.165) is 83.3 Å². The molecule has 1 rings (SSSR count). The molecule has 7 nitrogen and oxygen atoms in total. The Morgan fingerprint density at radius 1 is 0.614 bits per heavy atom. The Labute approximate surface area is 271 Å². The Morgan fingerprint density at radius 3 is 1.77 bits per heavy atom. The van der Waals surface area contributed by atoms with Crippen molar-refractivity contribution < 1.29 is 24.0 Å². The summed E-state index contributed by atoms with van der Waals surface area (Å²) < 4.78 is 5.54. The van der Waals surface area contributed by atoms with Crippen LogP contribution in [-0.4, -0.2) is 60.6 Å². The first-order valence-corrected chi connectivity index (χ1v) is 18.9. The Hall–Kier alpha value is -1.63. The molecule has 0 atom stereocenters. The fraction of sp³-hybridized carbons (Fsp3) is 0.919. The zero-order valence-electron chi connectivity index (χ0n) is 29.2. The van der Waals surface area contributed by atoms with Crippen molar-refractivity contribution in [1.29, 1.82) is 0 Å². The lowest BCUT2D eigenvalue weighted by atomic mass is 9.91. The number of hydroxylamine groups is 2. The summed E-state index contributed by atoms with van der Waals surface area (Å²) in [7, 11) is 0. The van der Waals surface area contributed by atoms with E-state index in [4.69, 9.17) is 9.57 Å². The Morgan fingerprint density at radius 2 is 1.14 bits per heavy atom. The van der Waals surface area contributed by atoms with Gasteiger partial charge in [0.2, 0.25) is 0 Å². The van der Waals surface area contributed by atoms with Crippen LogP contribution in [0, 0.1) is 5.92 Å². The molecule has 0 aliphatic carbocycles. The molecule has 0 N–H and O–H groups in total. The fourth-order valence-corrected chi connectivity index (χ4v) is 6.13. The van der Waals surface area contributed by atoms with Crippen molar-refractivity contribution in [3.05, 3.63) is 0 Å². The maximum Gasteiger partial charge on any atom is 0.332 e. The average Bonchev–Trinajstić information content (AvgIpc) is 3.54. The van der Waals surface area contributed by atoms with E-state index < -0.39 is 0 Å². The number of amides is 1. The van der Waals surface area contributed by atoms with Gasteiger partial charge in [-0.25, -0.2) is 4.79 Å². The minimum Gasteiger partial charge on any atom is -0.466 e. The predicted octanol–water partition coefficient (Wildman–Crippen LogP) is 9.56. The van der Waals surface area contributed by atoms with Crippen molar-refractivity contribution >= 4 is 17.8 Å². The molecular formula is C37H70N2O5. The van der Waals surface area contributed by atoms with Crippen LogP contribution in [0.4, 0.5) is 0 Å². The molecule has 0 radical (unpaired) electrons. The molecule has 1 amide bonds. The summed E-state index contributed by atoms with van der Waals surface area (Å²) in [5.41, 5.74) is 0. The van der Waals surface area contributed by atoms with E-state index in [1.807, 2.05) is 0 Å². The summed E-state index contributed by atoms with van der Waals surface area (Å²) in [6.45, 7) is 10.5. The molecule has 7 heteroatoms. The third kappa shape index (κ3) is 22.8. The van der Waals surface area contributed by atoms with Gasteiger partial charge < -0.3 is 14.5 Å². The van der Waals surface area contributed by atoms with Crippen molar-refractivity contribution in [3.63, 3.8) is 0 Å². The van der Waals surface area contributed by atoms with E-state index in [0.29, 0.717) is 32.4 Å². The molecular weight excluding hydrogens is 552 g/mol. The summed E-state index contributed by atoms with van der Waals surface area (Å²) in [5.74, 6) is 0.322. The van der Waals surface area contributed by atoms with Crippen LogP contribution in [-0.2, 0) is 24.0 Å². The Balaban J connectivity index is 2.24. The first-order valence-electron chi connectivity index (χ1n) is 18.9. The third-order valence-corrected chi connectivity index (χ3v) is 9.01. The van der Waals surface area contributed by atoms with Crippen LogP contribution in [0.15, 0.2) is 0 Å². The normalized spacial score (nSPS) is 13.5. The van der Waals surface area contributed by atoms with Crippen molar-refractivity contribution in [1.82, 2.24) is 9.96 Å². The highest BCUT2D eigenvalue weighted by molar-refractivity contribution is 5.78. The van der Waals surface area contributed by atoms with Gasteiger partial charge in [0.15, 0.2) is 0 Å². The fourth-order valence-electron chi connectivity index (χ4n) is 6.13. The highest BCUT2D eigenvalue weighted by Gasteiger charge is 2.20. The van der Waals surface area contributed by atoms with Crippen LogP contribution in [0.25, 0.3) is 0 Å². The smallest absolute Gasteiger partial charge is 0.332 e. The SMILES string of the molecule is CCCCCCCC(=O)ON(CCCCCCCC(=O)OCCCC(CCCCC)CCCCC)C(=O)CCN1CCCC1. The van der Waals surface area contributed by atoms with Crippen LogP contribution in [0.3, 0.4) is 0 Å². The molecule has 1 saturated heterocycles. The molecule has 0 spiro atoms. The van der Waals surface area contributed by atoms with Crippen LogP contribution >= 0.6 is 0 Å². The maximum atomic E-state index is 12.9. The molecule has 1 aliphatic heterocycles. The minimum absolute atomic E-state index is 0.0742. The standard InChI is InChI=1S/C37H70N2O5/c1-4-7-10-12-18-27-37(42)44-39(35(40)28-32-38-29-20-21-30-38)31-19-14-11-13-17-26-36(41)43-33-22-25-34(23-15-8-5-2)24-16-9-6-3/h34H,4-33H2,1-3H3. The quantitative estimate of drug-likeness (QED) is 0.0470. The molecule has 0 aromatic heterocycles. The number of rotatable bonds is 29. The van der Waals surface area contributed by atoms with Crippen LogP contribution < -0.4 is 0 Å². The van der Waals surface area contributed by atoms with Crippen LogP contribution in [0.5, 0.6) is 0 Å². The lowest BCUT2D eigenvalue weighted by Crippen LogP contribution is -2.36. The van der Waals surface area contributed by atoms with Gasteiger partial charge in [-0.05, 0) is 64.0 Å². The lowest BCUT2D eigenvalue weighted by Gasteiger charge is -2.23. The number of esters is 1. The Bertz CT molecular complexity index is 700. The zero-order chi connectivity index (χ0) is 32.1. The van der Waals surface area contributed by atoms with E-state index in [9.17, 15) is 14.4 Å². The number of nitrogens with zero attached hydrogens (tertiary/aromatic N) is 2. The van der Waals surface area contributed by atoms with E-state index in [-0.39, 0.29) is 17.8 Å². The number of ether oxygens (including phenoxy) is 1. The summed E-state index contributed by atoms with van der Waals surface area (Å²) >= 11 is 0. The van der Waals surface area contributed by atoms with Crippen molar-refractivity contribution in [2.24, 2.45) is 5.92 Å². The number of likely N-dealkylation sites (tertiary alicyclic amines) is 1. The van der Waals surface area contributed by atoms with Gasteiger partial charge in [0.25, 0.3) is 5.91 Å². The molecule has 1 aliphatic rings. The summed E-state index contributed by atoms with van der Waals surface area (Å²) in [5, 5.41) is 1.33. The first kappa shape index (κ1) is 40.4. The predicted molar refractivity (Wildman–Crippen MR) is 181 cm³/mol. The maximum absolute atomic E-state index is 12.9. The number of unbranched alkanes of at least 4 members (excludes halogenated alkanes) is 12. The van der Waals surface area contributed by atoms with Gasteiger partial charge in [0, 0.05) is 25.8 Å². The molecule has 1 fully saturated rings. The Kier molecular flexibility index (Phi) is 26.5. The molecule has 1 heterocycles. The van der Waals surface area contributed by atoms with Gasteiger partial charge >= 0.3 is 11.9 Å². The molecule has 0 unspecified atom stereocenters. The molecule has 0 saturated carbocycles. The van der Waals surface area contributed by atoms with E-state index in [1.165, 1.54) is 88.5 Å². The van der Waals surface area contributed by atoms with Gasteiger partial charge in [-0.3, -0.25) is 9.59 Å². The van der Waals surface area contributed by atoms with Crippen molar-refractivity contribution in [2.45, 2.75) is 181 Å². The molecule has 258 valence electrons. The average molecular weight is 623 g/mol. The molecule has 44 heavy (non-hydrogen) atoms. The number of hydrogen-bond donors (Lipinski definition) is 0. The number of carbonyl (C=O) groups excluding carboxylic acids is 3. The summed E-state index contributed by atoms with van der Waals surface area (Å²) in [4.78, 5) is 45.5. The second-order valence-corrected chi connectivity index (χ2v) is 13.2. The second-order valence-electron chi connectivity index (χ2n) is 13.2. The van der Waals surface area contributed by atoms with Gasteiger partial charge in [-0.1, -0.05) is 117 Å². The third-order valence-electron chi connectivity index (χ3n) is 9.01. The van der Waals surface area contributed by atoms with Gasteiger partial charge in [0.1, 0.15) is 0 Å². The topological polar surface area (TPSA) is 76.1 Å². The van der Waals surface area contributed by atoms with Crippen LogP contribution in [0.2, 0.25) is 0 Å². The summed E-state index contributed by atoms with van der Waals surface area (Å²) in [6, 6.07) is 0. The minimum atomic E-state index is -0.293. The highest BCUT2D eigenvalue weighted by atomic mass is 16.7. The monoisotopic (exact) mass is 623 g/mol. The second kappa shape index (κ2) is 28.8. The molecule has 0 aromatic rings. The lowest BCUT2D eigenvalue weighted by molar-refractivity contribution is -0.199. The van der Waals surface area contributed by atoms with Gasteiger partial charge in [-0.2, -0.15) is 5.06 Å².